The molecule has 152 valence electrons. The second-order valence-electron chi connectivity index (χ2n) is 7.08. The molecule has 0 aliphatic rings. The molecule has 7 nitrogen and oxygen atoms in total. The molecule has 0 aliphatic carbocycles. The fourth-order valence-corrected chi connectivity index (χ4v) is 3.38. The number of benzene rings is 1. The van der Waals surface area contributed by atoms with Crippen molar-refractivity contribution in [2.45, 2.75) is 57.5 Å². The number of aryl methyl sites for hydroxylation is 2. The van der Waals surface area contributed by atoms with Gasteiger partial charge in [0.05, 0.1) is 5.25 Å². The van der Waals surface area contributed by atoms with E-state index in [9.17, 15) is 14.0 Å². The van der Waals surface area contributed by atoms with Crippen molar-refractivity contribution in [3.05, 3.63) is 35.4 Å². The Morgan fingerprint density at radius 3 is 2.61 bits per heavy atom. The van der Waals surface area contributed by atoms with Gasteiger partial charge in [-0.15, -0.1) is 10.2 Å². The first-order chi connectivity index (χ1) is 13.2. The lowest BCUT2D eigenvalue weighted by atomic mass is 10.2. The largest absolute Gasteiger partial charge is 0.370 e. The van der Waals surface area contributed by atoms with Crippen LogP contribution in [-0.2, 0) is 22.6 Å². The standard InChI is InChI=1S/C19H26FN5O2S/c1-11(2)10-25-17(8-7-16(21)26)23-24-19(25)28-13(4)18(27)22-14-6-5-12(3)15(20)9-14/h5-6,9,11,13H,7-8,10H2,1-4H3,(H2,21,26)(H,22,27)/t13-/m1/s1. The summed E-state index contributed by atoms with van der Waals surface area (Å²) in [5, 5.41) is 11.2. The minimum Gasteiger partial charge on any atom is -0.370 e. The van der Waals surface area contributed by atoms with Crippen molar-refractivity contribution in [3.63, 3.8) is 0 Å². The second-order valence-corrected chi connectivity index (χ2v) is 8.39. The van der Waals surface area contributed by atoms with Crippen molar-refractivity contribution in [2.75, 3.05) is 5.32 Å². The topological polar surface area (TPSA) is 103 Å². The number of hydrogen-bond acceptors (Lipinski definition) is 5. The van der Waals surface area contributed by atoms with E-state index in [0.29, 0.717) is 41.1 Å². The number of halogens is 1. The van der Waals surface area contributed by atoms with Crippen molar-refractivity contribution in [3.8, 4) is 0 Å². The Bertz CT molecular complexity index is 853. The Morgan fingerprint density at radius 1 is 1.29 bits per heavy atom. The molecule has 0 saturated heterocycles. The molecule has 0 fully saturated rings. The molecule has 2 aromatic rings. The molecule has 0 radical (unpaired) electrons. The highest BCUT2D eigenvalue weighted by Gasteiger charge is 2.21. The van der Waals surface area contributed by atoms with E-state index in [1.54, 1.807) is 26.0 Å². The molecule has 2 rings (SSSR count). The van der Waals surface area contributed by atoms with Gasteiger partial charge < -0.3 is 15.6 Å². The number of carbonyl (C=O) groups is 2. The van der Waals surface area contributed by atoms with Crippen LogP contribution in [-0.4, -0.2) is 31.8 Å². The lowest BCUT2D eigenvalue weighted by molar-refractivity contribution is -0.118. The number of nitrogens with two attached hydrogens (primary N) is 1. The minimum absolute atomic E-state index is 0.190. The summed E-state index contributed by atoms with van der Waals surface area (Å²) in [6, 6.07) is 4.58. The van der Waals surface area contributed by atoms with Crippen LogP contribution < -0.4 is 11.1 Å². The highest BCUT2D eigenvalue weighted by atomic mass is 32.2. The summed E-state index contributed by atoms with van der Waals surface area (Å²) in [5.41, 5.74) is 6.16. The summed E-state index contributed by atoms with van der Waals surface area (Å²) in [4.78, 5) is 23.6. The first-order valence-electron chi connectivity index (χ1n) is 9.11. The fraction of sp³-hybridized carbons (Fsp3) is 0.474. The summed E-state index contributed by atoms with van der Waals surface area (Å²) in [7, 11) is 0. The maximum absolute atomic E-state index is 13.7. The van der Waals surface area contributed by atoms with E-state index >= 15 is 0 Å². The van der Waals surface area contributed by atoms with Crippen LogP contribution in [0.2, 0.25) is 0 Å². The number of rotatable bonds is 9. The third-order valence-corrected chi connectivity index (χ3v) is 5.11. The summed E-state index contributed by atoms with van der Waals surface area (Å²) < 4.78 is 15.6. The van der Waals surface area contributed by atoms with Crippen LogP contribution >= 0.6 is 11.8 Å². The monoisotopic (exact) mass is 407 g/mol. The van der Waals surface area contributed by atoms with E-state index in [0.717, 1.165) is 0 Å². The van der Waals surface area contributed by atoms with Crippen LogP contribution in [0.1, 0.15) is 38.6 Å². The molecule has 0 aliphatic heterocycles. The molecular weight excluding hydrogens is 381 g/mol. The van der Waals surface area contributed by atoms with Crippen molar-refractivity contribution < 1.29 is 14.0 Å². The predicted octanol–water partition coefficient (Wildman–Crippen LogP) is 2.92. The highest BCUT2D eigenvalue weighted by molar-refractivity contribution is 8.00. The normalized spacial score (nSPS) is 12.2. The molecule has 1 heterocycles. The average Bonchev–Trinajstić information content (AvgIpc) is 2.97. The quantitative estimate of drug-likeness (QED) is 0.622. The van der Waals surface area contributed by atoms with Crippen LogP contribution in [0.15, 0.2) is 23.4 Å². The lowest BCUT2D eigenvalue weighted by Gasteiger charge is -2.15. The average molecular weight is 408 g/mol. The van der Waals surface area contributed by atoms with Crippen molar-refractivity contribution in [1.82, 2.24) is 14.8 Å². The molecule has 3 N–H and O–H groups in total. The van der Waals surface area contributed by atoms with E-state index in [-0.39, 0.29) is 18.1 Å². The van der Waals surface area contributed by atoms with Gasteiger partial charge in [0.15, 0.2) is 5.16 Å². The number of aromatic nitrogens is 3. The van der Waals surface area contributed by atoms with Gasteiger partial charge in [0.1, 0.15) is 11.6 Å². The van der Waals surface area contributed by atoms with Gasteiger partial charge in [0, 0.05) is 25.1 Å². The first kappa shape index (κ1) is 21.9. The Morgan fingerprint density at radius 2 is 2.00 bits per heavy atom. The summed E-state index contributed by atoms with van der Waals surface area (Å²) in [6.45, 7) is 8.21. The summed E-state index contributed by atoms with van der Waals surface area (Å²) >= 11 is 1.27. The Labute approximate surface area is 168 Å². The second kappa shape index (κ2) is 9.68. The molecule has 1 atom stereocenters. The lowest BCUT2D eigenvalue weighted by Crippen LogP contribution is -2.23. The third-order valence-electron chi connectivity index (χ3n) is 4.03. The van der Waals surface area contributed by atoms with Gasteiger partial charge in [0.2, 0.25) is 11.8 Å². The molecule has 28 heavy (non-hydrogen) atoms. The number of thioether (sulfide) groups is 1. The molecule has 1 aromatic heterocycles. The van der Waals surface area contributed by atoms with Crippen LogP contribution in [0.25, 0.3) is 0 Å². The third kappa shape index (κ3) is 6.05. The van der Waals surface area contributed by atoms with Gasteiger partial charge in [-0.1, -0.05) is 31.7 Å². The molecule has 0 saturated carbocycles. The first-order valence-corrected chi connectivity index (χ1v) is 9.99. The zero-order valence-corrected chi connectivity index (χ0v) is 17.3. The zero-order valence-electron chi connectivity index (χ0n) is 16.5. The Hall–Kier alpha value is -2.42. The van der Waals surface area contributed by atoms with E-state index in [1.807, 2.05) is 4.57 Å². The van der Waals surface area contributed by atoms with E-state index < -0.39 is 11.2 Å². The minimum atomic E-state index is -0.469. The Kier molecular flexibility index (Phi) is 7.56. The zero-order chi connectivity index (χ0) is 20.8. The molecule has 1 aromatic carbocycles. The van der Waals surface area contributed by atoms with Gasteiger partial charge in [0.25, 0.3) is 0 Å². The predicted molar refractivity (Wildman–Crippen MR) is 107 cm³/mol. The van der Waals surface area contributed by atoms with E-state index in [1.165, 1.54) is 17.8 Å². The maximum Gasteiger partial charge on any atom is 0.237 e. The smallest absolute Gasteiger partial charge is 0.237 e. The maximum atomic E-state index is 13.7. The highest BCUT2D eigenvalue weighted by Crippen LogP contribution is 2.25. The van der Waals surface area contributed by atoms with Crippen molar-refractivity contribution in [1.29, 1.82) is 0 Å². The van der Waals surface area contributed by atoms with Crippen LogP contribution in [0.3, 0.4) is 0 Å². The van der Waals surface area contributed by atoms with Crippen LogP contribution in [0, 0.1) is 18.7 Å². The van der Waals surface area contributed by atoms with Gasteiger partial charge >= 0.3 is 0 Å². The SMILES string of the molecule is Cc1ccc(NC(=O)[C@@H](C)Sc2nnc(CCC(N)=O)n2CC(C)C)cc1F. The van der Waals surface area contributed by atoms with Gasteiger partial charge in [-0.05, 0) is 37.5 Å². The number of carbonyl (C=O) groups excluding carboxylic acids is 2. The number of anilines is 1. The van der Waals surface area contributed by atoms with Gasteiger partial charge in [-0.3, -0.25) is 9.59 Å². The number of hydrogen-bond donors (Lipinski definition) is 2. The molecule has 0 spiro atoms. The molecule has 2 amide bonds. The van der Waals surface area contributed by atoms with Crippen molar-refractivity contribution in [2.24, 2.45) is 11.7 Å². The van der Waals surface area contributed by atoms with Gasteiger partial charge in [-0.25, -0.2) is 4.39 Å². The van der Waals surface area contributed by atoms with Crippen molar-refractivity contribution >= 4 is 29.3 Å². The molecule has 9 heteroatoms. The van der Waals surface area contributed by atoms with E-state index in [4.69, 9.17) is 5.73 Å². The van der Waals surface area contributed by atoms with E-state index in [2.05, 4.69) is 29.4 Å². The fourth-order valence-electron chi connectivity index (χ4n) is 2.50. The molecule has 0 bridgehead atoms. The molecular formula is C19H26FN5O2S. The number of nitrogens with zero attached hydrogens (tertiary/aromatic N) is 3. The summed E-state index contributed by atoms with van der Waals surface area (Å²) in [6.07, 6.45) is 0.592. The summed E-state index contributed by atoms with van der Waals surface area (Å²) in [5.74, 6) is -0.0168. The van der Waals surface area contributed by atoms with Crippen LogP contribution in [0.5, 0.6) is 0 Å². The van der Waals surface area contributed by atoms with Gasteiger partial charge in [-0.2, -0.15) is 0 Å². The van der Waals surface area contributed by atoms with Crippen LogP contribution in [0.4, 0.5) is 10.1 Å². The molecule has 0 unspecified atom stereocenters. The Balaban J connectivity index is 2.10. The number of amides is 2. The number of primary amides is 1. The number of nitrogens with one attached hydrogen (secondary N) is 1.